The van der Waals surface area contributed by atoms with Crippen LogP contribution in [0, 0.1) is 0 Å². The summed E-state index contributed by atoms with van der Waals surface area (Å²) in [5.41, 5.74) is 0.385. The Morgan fingerprint density at radius 2 is 1.54 bits per heavy atom. The first-order valence-corrected chi connectivity index (χ1v) is 8.78. The van der Waals surface area contributed by atoms with Crippen molar-refractivity contribution < 1.29 is 9.53 Å². The summed E-state index contributed by atoms with van der Waals surface area (Å²) in [7, 11) is 0. The van der Waals surface area contributed by atoms with Crippen molar-refractivity contribution in [2.75, 3.05) is 62.3 Å². The van der Waals surface area contributed by atoms with Crippen molar-refractivity contribution in [1.29, 1.82) is 0 Å². The van der Waals surface area contributed by atoms with Gasteiger partial charge < -0.3 is 19.4 Å². The highest BCUT2D eigenvalue weighted by Gasteiger charge is 2.24. The summed E-state index contributed by atoms with van der Waals surface area (Å²) in [4.78, 5) is 26.6. The third-order valence-electron chi connectivity index (χ3n) is 4.64. The van der Waals surface area contributed by atoms with Gasteiger partial charge in [0.25, 0.3) is 5.91 Å². The first kappa shape index (κ1) is 16.6. The Morgan fingerprint density at radius 3 is 2.12 bits per heavy atom. The summed E-state index contributed by atoms with van der Waals surface area (Å²) in [5.74, 6) is 1.65. The van der Waals surface area contributed by atoms with Gasteiger partial charge in [-0.3, -0.25) is 9.78 Å². The van der Waals surface area contributed by atoms with Gasteiger partial charge in [-0.05, 0) is 12.1 Å². The number of amides is 1. The van der Waals surface area contributed by atoms with E-state index >= 15 is 0 Å². The second-order valence-corrected chi connectivity index (χ2v) is 6.22. The summed E-state index contributed by atoms with van der Waals surface area (Å²) in [6.45, 7) is 5.84. The molecule has 0 aromatic carbocycles. The maximum atomic E-state index is 12.4. The number of rotatable bonds is 3. The molecular weight excluding hydrogens is 334 g/mol. The van der Waals surface area contributed by atoms with Gasteiger partial charge in [-0.1, -0.05) is 0 Å². The van der Waals surface area contributed by atoms with E-state index in [0.717, 1.165) is 51.0 Å². The molecule has 2 aliphatic heterocycles. The SMILES string of the molecule is O=C(c1cnccn1)N1CCN(c2ccc(N3CCOCC3)nn2)CC1. The summed E-state index contributed by atoms with van der Waals surface area (Å²) >= 11 is 0. The molecule has 0 unspecified atom stereocenters. The highest BCUT2D eigenvalue weighted by atomic mass is 16.5. The number of anilines is 2. The van der Waals surface area contributed by atoms with Gasteiger partial charge in [0.15, 0.2) is 11.6 Å². The number of nitrogens with zero attached hydrogens (tertiary/aromatic N) is 7. The van der Waals surface area contributed by atoms with Gasteiger partial charge in [-0.25, -0.2) is 4.98 Å². The maximum Gasteiger partial charge on any atom is 0.274 e. The second kappa shape index (κ2) is 7.61. The Morgan fingerprint density at radius 1 is 0.885 bits per heavy atom. The molecular formula is C17H21N7O2. The number of morpholine rings is 1. The fourth-order valence-corrected chi connectivity index (χ4v) is 3.16. The molecule has 0 saturated carbocycles. The lowest BCUT2D eigenvalue weighted by atomic mass is 10.2. The number of aromatic nitrogens is 4. The van der Waals surface area contributed by atoms with Crippen molar-refractivity contribution in [1.82, 2.24) is 25.1 Å². The van der Waals surface area contributed by atoms with Gasteiger partial charge in [-0.2, -0.15) is 0 Å². The van der Waals surface area contributed by atoms with E-state index in [-0.39, 0.29) is 5.91 Å². The van der Waals surface area contributed by atoms with Crippen LogP contribution in [0.2, 0.25) is 0 Å². The van der Waals surface area contributed by atoms with Gasteiger partial charge in [0.1, 0.15) is 5.69 Å². The number of ether oxygens (including phenoxy) is 1. The molecule has 2 saturated heterocycles. The normalized spacial score (nSPS) is 18.1. The Kier molecular flexibility index (Phi) is 4.87. The minimum absolute atomic E-state index is 0.0773. The first-order valence-electron chi connectivity index (χ1n) is 8.78. The minimum Gasteiger partial charge on any atom is -0.378 e. The van der Waals surface area contributed by atoms with E-state index in [9.17, 15) is 4.79 Å². The highest BCUT2D eigenvalue weighted by molar-refractivity contribution is 5.92. The van der Waals surface area contributed by atoms with E-state index in [1.807, 2.05) is 12.1 Å². The van der Waals surface area contributed by atoms with Crippen LogP contribution in [0.25, 0.3) is 0 Å². The Labute approximate surface area is 151 Å². The van der Waals surface area contributed by atoms with E-state index in [1.165, 1.54) is 12.4 Å². The standard InChI is InChI=1S/C17H21N7O2/c25-17(14-13-18-3-4-19-14)24-7-5-22(6-8-24)15-1-2-16(21-20-15)23-9-11-26-12-10-23/h1-4,13H,5-12H2. The van der Waals surface area contributed by atoms with E-state index in [4.69, 9.17) is 4.74 Å². The number of piperazine rings is 1. The Hall–Kier alpha value is -2.81. The second-order valence-electron chi connectivity index (χ2n) is 6.22. The molecule has 0 N–H and O–H groups in total. The molecule has 2 aromatic heterocycles. The molecule has 0 spiro atoms. The lowest BCUT2D eigenvalue weighted by Gasteiger charge is -2.35. The number of carbonyl (C=O) groups is 1. The summed E-state index contributed by atoms with van der Waals surface area (Å²) in [6.07, 6.45) is 4.60. The number of hydrogen-bond donors (Lipinski definition) is 0. The Bertz CT molecular complexity index is 727. The zero-order chi connectivity index (χ0) is 17.8. The molecule has 1 amide bonds. The van der Waals surface area contributed by atoms with Crippen molar-refractivity contribution in [3.8, 4) is 0 Å². The molecule has 0 aliphatic carbocycles. The quantitative estimate of drug-likeness (QED) is 0.764. The molecule has 0 atom stereocenters. The summed E-state index contributed by atoms with van der Waals surface area (Å²) < 4.78 is 5.36. The van der Waals surface area contributed by atoms with Crippen LogP contribution < -0.4 is 9.80 Å². The summed E-state index contributed by atoms with van der Waals surface area (Å²) in [5, 5.41) is 8.73. The molecule has 9 nitrogen and oxygen atoms in total. The highest BCUT2D eigenvalue weighted by Crippen LogP contribution is 2.17. The van der Waals surface area contributed by atoms with Crippen LogP contribution in [0.5, 0.6) is 0 Å². The van der Waals surface area contributed by atoms with E-state index in [2.05, 4.69) is 30.0 Å². The average Bonchev–Trinajstić information content (AvgIpc) is 2.75. The van der Waals surface area contributed by atoms with Crippen LogP contribution in [0.15, 0.2) is 30.7 Å². The maximum absolute atomic E-state index is 12.4. The molecule has 2 aliphatic rings. The van der Waals surface area contributed by atoms with Gasteiger partial charge >= 0.3 is 0 Å². The molecule has 26 heavy (non-hydrogen) atoms. The lowest BCUT2D eigenvalue weighted by molar-refractivity contribution is 0.0740. The molecule has 4 heterocycles. The van der Waals surface area contributed by atoms with E-state index in [0.29, 0.717) is 18.8 Å². The molecule has 9 heteroatoms. The number of hydrogen-bond acceptors (Lipinski definition) is 8. The van der Waals surface area contributed by atoms with Crippen LogP contribution in [-0.4, -0.2) is 83.5 Å². The van der Waals surface area contributed by atoms with Crippen LogP contribution >= 0.6 is 0 Å². The largest absolute Gasteiger partial charge is 0.378 e. The van der Waals surface area contributed by atoms with E-state index < -0.39 is 0 Å². The third-order valence-corrected chi connectivity index (χ3v) is 4.64. The topological polar surface area (TPSA) is 87.6 Å². The fraction of sp³-hybridized carbons (Fsp3) is 0.471. The number of carbonyl (C=O) groups excluding carboxylic acids is 1. The van der Waals surface area contributed by atoms with Crippen LogP contribution in [0.3, 0.4) is 0 Å². The van der Waals surface area contributed by atoms with E-state index in [1.54, 1.807) is 11.1 Å². The van der Waals surface area contributed by atoms with Gasteiger partial charge in [0, 0.05) is 51.7 Å². The lowest BCUT2D eigenvalue weighted by Crippen LogP contribution is -2.49. The zero-order valence-electron chi connectivity index (χ0n) is 14.5. The van der Waals surface area contributed by atoms with Gasteiger partial charge in [0.05, 0.1) is 19.4 Å². The molecule has 4 rings (SSSR count). The molecule has 2 aromatic rings. The fourth-order valence-electron chi connectivity index (χ4n) is 3.16. The van der Waals surface area contributed by atoms with Crippen molar-refractivity contribution >= 4 is 17.5 Å². The zero-order valence-corrected chi connectivity index (χ0v) is 14.5. The monoisotopic (exact) mass is 355 g/mol. The van der Waals surface area contributed by atoms with Crippen LogP contribution in [0.1, 0.15) is 10.5 Å². The average molecular weight is 355 g/mol. The van der Waals surface area contributed by atoms with Crippen molar-refractivity contribution in [2.45, 2.75) is 0 Å². The predicted molar refractivity (Wildman–Crippen MR) is 95.2 cm³/mol. The van der Waals surface area contributed by atoms with Crippen molar-refractivity contribution in [2.24, 2.45) is 0 Å². The van der Waals surface area contributed by atoms with Gasteiger partial charge in [-0.15, -0.1) is 10.2 Å². The van der Waals surface area contributed by atoms with Crippen LogP contribution in [0.4, 0.5) is 11.6 Å². The molecule has 2 fully saturated rings. The van der Waals surface area contributed by atoms with Crippen molar-refractivity contribution in [3.63, 3.8) is 0 Å². The summed E-state index contributed by atoms with van der Waals surface area (Å²) in [6, 6.07) is 4.00. The molecule has 0 bridgehead atoms. The molecule has 136 valence electrons. The Balaban J connectivity index is 1.35. The smallest absolute Gasteiger partial charge is 0.274 e. The van der Waals surface area contributed by atoms with Gasteiger partial charge in [0.2, 0.25) is 0 Å². The van der Waals surface area contributed by atoms with Crippen LogP contribution in [-0.2, 0) is 4.74 Å². The first-order chi connectivity index (χ1) is 12.8. The predicted octanol–water partition coefficient (Wildman–Crippen LogP) is 0.0656. The molecule has 0 radical (unpaired) electrons. The van der Waals surface area contributed by atoms with Crippen molar-refractivity contribution in [3.05, 3.63) is 36.4 Å². The minimum atomic E-state index is -0.0773. The third kappa shape index (κ3) is 3.57.